The summed E-state index contributed by atoms with van der Waals surface area (Å²) >= 11 is 0. The lowest BCUT2D eigenvalue weighted by atomic mass is 9.86. The number of hydrogen-bond donors (Lipinski definition) is 0. The molecule has 12 heavy (non-hydrogen) atoms. The van der Waals surface area contributed by atoms with E-state index in [1.165, 1.54) is 25.7 Å². The summed E-state index contributed by atoms with van der Waals surface area (Å²) in [6.07, 6.45) is 6.15. The fraction of sp³-hybridized carbons (Fsp3) is 1.00. The highest BCUT2D eigenvalue weighted by molar-refractivity contribution is 5.09. The fourth-order valence-electron chi connectivity index (χ4n) is 2.90. The predicted molar refractivity (Wildman–Crippen MR) is 50.1 cm³/mol. The van der Waals surface area contributed by atoms with Gasteiger partial charge in [0.15, 0.2) is 0 Å². The van der Waals surface area contributed by atoms with Crippen LogP contribution in [0.3, 0.4) is 0 Å². The van der Waals surface area contributed by atoms with Crippen LogP contribution in [0.5, 0.6) is 0 Å². The van der Waals surface area contributed by atoms with E-state index in [4.69, 9.17) is 4.74 Å². The second kappa shape index (κ2) is 2.47. The zero-order chi connectivity index (χ0) is 8.82. The maximum absolute atomic E-state index is 5.90. The van der Waals surface area contributed by atoms with Crippen LogP contribution in [0.25, 0.3) is 0 Å². The van der Waals surface area contributed by atoms with Crippen LogP contribution in [0, 0.1) is 10.8 Å². The third kappa shape index (κ3) is 1.10. The Kier molecular flexibility index (Phi) is 1.76. The Hall–Kier alpha value is -0.0400. The first kappa shape index (κ1) is 8.55. The Morgan fingerprint density at radius 1 is 1.17 bits per heavy atom. The first-order valence-corrected chi connectivity index (χ1v) is 5.22. The summed E-state index contributed by atoms with van der Waals surface area (Å²) in [5, 5.41) is 0. The van der Waals surface area contributed by atoms with Crippen molar-refractivity contribution >= 4 is 0 Å². The largest absolute Gasteiger partial charge is 0.377 e. The maximum Gasteiger partial charge on any atom is 0.0681 e. The third-order valence-corrected chi connectivity index (χ3v) is 3.76. The number of hydrogen-bond acceptors (Lipinski definition) is 1. The molecule has 1 heteroatoms. The van der Waals surface area contributed by atoms with E-state index >= 15 is 0 Å². The lowest BCUT2D eigenvalue weighted by Gasteiger charge is -2.30. The van der Waals surface area contributed by atoms with Crippen LogP contribution in [0.2, 0.25) is 0 Å². The normalized spacial score (nSPS) is 35.8. The van der Waals surface area contributed by atoms with E-state index in [1.54, 1.807) is 0 Å². The molecule has 0 N–H and O–H groups in total. The highest BCUT2D eigenvalue weighted by Gasteiger charge is 2.59. The Balaban J connectivity index is 2.12. The quantitative estimate of drug-likeness (QED) is 0.616. The van der Waals surface area contributed by atoms with Crippen molar-refractivity contribution in [1.82, 2.24) is 0 Å². The van der Waals surface area contributed by atoms with Gasteiger partial charge in [0.1, 0.15) is 0 Å². The van der Waals surface area contributed by atoms with Gasteiger partial charge in [0.25, 0.3) is 0 Å². The van der Waals surface area contributed by atoms with Crippen molar-refractivity contribution in [3.63, 3.8) is 0 Å². The molecule has 2 fully saturated rings. The van der Waals surface area contributed by atoms with Crippen LogP contribution < -0.4 is 0 Å². The molecule has 0 radical (unpaired) electrons. The second-order valence-corrected chi connectivity index (χ2v) is 5.19. The Labute approximate surface area is 75.5 Å². The van der Waals surface area contributed by atoms with Gasteiger partial charge in [-0.05, 0) is 43.4 Å². The van der Waals surface area contributed by atoms with Crippen LogP contribution in [0.4, 0.5) is 0 Å². The fourth-order valence-corrected chi connectivity index (χ4v) is 2.90. The summed E-state index contributed by atoms with van der Waals surface area (Å²) < 4.78 is 5.90. The molecule has 1 spiro atoms. The van der Waals surface area contributed by atoms with E-state index < -0.39 is 0 Å². The van der Waals surface area contributed by atoms with E-state index in [0.717, 1.165) is 6.61 Å². The molecule has 0 aromatic rings. The molecule has 0 aromatic heterocycles. The first-order chi connectivity index (χ1) is 5.61. The topological polar surface area (TPSA) is 9.23 Å². The molecular formula is C11H20O. The minimum absolute atomic E-state index is 0.437. The lowest BCUT2D eigenvalue weighted by molar-refractivity contribution is -0.0326. The SMILES string of the molecule is CCOC1C(C)(C)CCC12CC2. The zero-order valence-corrected chi connectivity index (χ0v) is 8.52. The molecule has 2 rings (SSSR count). The van der Waals surface area contributed by atoms with E-state index in [9.17, 15) is 0 Å². The average Bonchev–Trinajstić information content (AvgIpc) is 2.73. The average molecular weight is 168 g/mol. The lowest BCUT2D eigenvalue weighted by Crippen LogP contribution is -2.32. The van der Waals surface area contributed by atoms with Gasteiger partial charge in [-0.15, -0.1) is 0 Å². The first-order valence-electron chi connectivity index (χ1n) is 5.22. The van der Waals surface area contributed by atoms with Crippen LogP contribution in [-0.2, 0) is 4.74 Å². The molecule has 2 aliphatic rings. The van der Waals surface area contributed by atoms with E-state index in [2.05, 4.69) is 20.8 Å². The van der Waals surface area contributed by atoms with Crippen molar-refractivity contribution in [2.24, 2.45) is 10.8 Å². The van der Waals surface area contributed by atoms with Gasteiger partial charge in [0.2, 0.25) is 0 Å². The molecule has 0 aliphatic heterocycles. The van der Waals surface area contributed by atoms with Crippen molar-refractivity contribution in [2.45, 2.75) is 52.6 Å². The van der Waals surface area contributed by atoms with Crippen LogP contribution in [0.1, 0.15) is 46.5 Å². The predicted octanol–water partition coefficient (Wildman–Crippen LogP) is 2.99. The van der Waals surface area contributed by atoms with Crippen LogP contribution in [-0.4, -0.2) is 12.7 Å². The third-order valence-electron chi connectivity index (χ3n) is 3.76. The minimum Gasteiger partial charge on any atom is -0.377 e. The molecule has 0 heterocycles. The van der Waals surface area contributed by atoms with Crippen molar-refractivity contribution in [2.75, 3.05) is 6.61 Å². The second-order valence-electron chi connectivity index (χ2n) is 5.19. The summed E-state index contributed by atoms with van der Waals surface area (Å²) in [4.78, 5) is 0. The monoisotopic (exact) mass is 168 g/mol. The number of rotatable bonds is 2. The smallest absolute Gasteiger partial charge is 0.0681 e. The Bertz CT molecular complexity index is 173. The summed E-state index contributed by atoms with van der Waals surface area (Å²) in [5.41, 5.74) is 1.06. The van der Waals surface area contributed by atoms with Gasteiger partial charge in [-0.2, -0.15) is 0 Å². The van der Waals surface area contributed by atoms with E-state index in [1.807, 2.05) is 0 Å². The molecule has 1 nitrogen and oxygen atoms in total. The minimum atomic E-state index is 0.437. The van der Waals surface area contributed by atoms with Crippen LogP contribution >= 0.6 is 0 Å². The molecule has 2 saturated carbocycles. The molecule has 1 unspecified atom stereocenters. The van der Waals surface area contributed by atoms with Gasteiger partial charge in [-0.3, -0.25) is 0 Å². The van der Waals surface area contributed by atoms with Crippen molar-refractivity contribution in [3.05, 3.63) is 0 Å². The summed E-state index contributed by atoms with van der Waals surface area (Å²) in [6, 6.07) is 0. The molecule has 70 valence electrons. The van der Waals surface area contributed by atoms with Crippen molar-refractivity contribution < 1.29 is 4.74 Å². The summed E-state index contributed by atoms with van der Waals surface area (Å²) in [6.45, 7) is 7.72. The summed E-state index contributed by atoms with van der Waals surface area (Å²) in [5.74, 6) is 0. The maximum atomic E-state index is 5.90. The Morgan fingerprint density at radius 2 is 1.75 bits per heavy atom. The van der Waals surface area contributed by atoms with E-state index in [-0.39, 0.29) is 0 Å². The van der Waals surface area contributed by atoms with E-state index in [0.29, 0.717) is 16.9 Å². The molecule has 2 aliphatic carbocycles. The van der Waals surface area contributed by atoms with Gasteiger partial charge >= 0.3 is 0 Å². The molecule has 0 bridgehead atoms. The molecule has 0 saturated heterocycles. The molecule has 1 atom stereocenters. The molecule has 0 aromatic carbocycles. The zero-order valence-electron chi connectivity index (χ0n) is 8.52. The highest BCUT2D eigenvalue weighted by atomic mass is 16.5. The van der Waals surface area contributed by atoms with Gasteiger partial charge in [0.05, 0.1) is 6.10 Å². The van der Waals surface area contributed by atoms with Gasteiger partial charge in [-0.25, -0.2) is 0 Å². The molecular weight excluding hydrogens is 148 g/mol. The van der Waals surface area contributed by atoms with Crippen LogP contribution in [0.15, 0.2) is 0 Å². The van der Waals surface area contributed by atoms with Crippen molar-refractivity contribution in [1.29, 1.82) is 0 Å². The highest BCUT2D eigenvalue weighted by Crippen LogP contribution is 2.64. The van der Waals surface area contributed by atoms with Gasteiger partial charge in [-0.1, -0.05) is 13.8 Å². The number of ether oxygens (including phenoxy) is 1. The van der Waals surface area contributed by atoms with Crippen molar-refractivity contribution in [3.8, 4) is 0 Å². The standard InChI is InChI=1S/C11H20O/c1-4-12-9-10(2,3)5-6-11(9)7-8-11/h9H,4-8H2,1-3H3. The Morgan fingerprint density at radius 3 is 2.25 bits per heavy atom. The van der Waals surface area contributed by atoms with Gasteiger partial charge < -0.3 is 4.74 Å². The van der Waals surface area contributed by atoms with Gasteiger partial charge in [0, 0.05) is 6.61 Å². The summed E-state index contributed by atoms with van der Waals surface area (Å²) in [7, 11) is 0. The molecule has 0 amide bonds.